The normalized spacial score (nSPS) is 13.7. The van der Waals surface area contributed by atoms with Crippen LogP contribution in [-0.2, 0) is 5.60 Å². The molecule has 86 valence electrons. The minimum atomic E-state index is -1.05. The molecular formula is C14H17ClO. The fourth-order valence-electron chi connectivity index (χ4n) is 1.38. The summed E-state index contributed by atoms with van der Waals surface area (Å²) in [5.74, 6) is 6.57. The van der Waals surface area contributed by atoms with E-state index >= 15 is 0 Å². The van der Waals surface area contributed by atoms with Crippen molar-refractivity contribution in [2.75, 3.05) is 5.88 Å². The quantitative estimate of drug-likeness (QED) is 0.483. The Hall–Kier alpha value is -0.970. The Morgan fingerprint density at radius 3 is 2.56 bits per heavy atom. The Balaban J connectivity index is 2.58. The molecule has 1 atom stereocenters. The molecule has 1 aromatic carbocycles. The zero-order valence-electron chi connectivity index (χ0n) is 9.54. The fourth-order valence-corrected chi connectivity index (χ4v) is 1.57. The van der Waals surface area contributed by atoms with E-state index in [4.69, 9.17) is 11.6 Å². The van der Waals surface area contributed by atoms with Crippen molar-refractivity contribution < 1.29 is 5.11 Å². The molecule has 0 aromatic heterocycles. The summed E-state index contributed by atoms with van der Waals surface area (Å²) < 4.78 is 0. The molecule has 1 N–H and O–H groups in total. The van der Waals surface area contributed by atoms with Crippen molar-refractivity contribution >= 4 is 11.6 Å². The highest BCUT2D eigenvalue weighted by Crippen LogP contribution is 2.18. The first kappa shape index (κ1) is 13.1. The SMILES string of the molecule is C[C@@](O)(C#CCCCCCl)c1ccccc1. The summed E-state index contributed by atoms with van der Waals surface area (Å²) >= 11 is 5.57. The summed E-state index contributed by atoms with van der Waals surface area (Å²) in [4.78, 5) is 0. The molecular weight excluding hydrogens is 220 g/mol. The van der Waals surface area contributed by atoms with Crippen molar-refractivity contribution in [1.82, 2.24) is 0 Å². The van der Waals surface area contributed by atoms with Crippen molar-refractivity contribution in [2.45, 2.75) is 31.8 Å². The number of rotatable bonds is 4. The molecule has 0 aliphatic carbocycles. The lowest BCUT2D eigenvalue weighted by atomic mass is 9.96. The van der Waals surface area contributed by atoms with Crippen LogP contribution in [0.1, 0.15) is 31.7 Å². The number of aliphatic hydroxyl groups is 1. The van der Waals surface area contributed by atoms with E-state index in [0.29, 0.717) is 5.88 Å². The van der Waals surface area contributed by atoms with E-state index in [0.717, 1.165) is 24.8 Å². The van der Waals surface area contributed by atoms with Crippen molar-refractivity contribution in [2.24, 2.45) is 0 Å². The Morgan fingerprint density at radius 2 is 1.94 bits per heavy atom. The van der Waals surface area contributed by atoms with Crippen LogP contribution in [0.2, 0.25) is 0 Å². The molecule has 0 fully saturated rings. The van der Waals surface area contributed by atoms with Gasteiger partial charge in [-0.3, -0.25) is 0 Å². The van der Waals surface area contributed by atoms with Crippen LogP contribution < -0.4 is 0 Å². The maximum Gasteiger partial charge on any atom is 0.148 e. The monoisotopic (exact) mass is 236 g/mol. The Bertz CT molecular complexity index is 359. The van der Waals surface area contributed by atoms with Crippen LogP contribution in [0.15, 0.2) is 30.3 Å². The van der Waals surface area contributed by atoms with Gasteiger partial charge in [0.25, 0.3) is 0 Å². The zero-order valence-corrected chi connectivity index (χ0v) is 10.3. The molecule has 0 aliphatic heterocycles. The van der Waals surface area contributed by atoms with E-state index in [1.165, 1.54) is 0 Å². The molecule has 1 rings (SSSR count). The predicted molar refractivity (Wildman–Crippen MR) is 68.4 cm³/mol. The summed E-state index contributed by atoms with van der Waals surface area (Å²) in [7, 11) is 0. The van der Waals surface area contributed by atoms with E-state index in [1.807, 2.05) is 30.3 Å². The first-order valence-electron chi connectivity index (χ1n) is 5.51. The third-order valence-electron chi connectivity index (χ3n) is 2.35. The molecule has 0 saturated heterocycles. The van der Waals surface area contributed by atoms with Crippen molar-refractivity contribution in [1.29, 1.82) is 0 Å². The molecule has 0 bridgehead atoms. The molecule has 0 heterocycles. The van der Waals surface area contributed by atoms with Gasteiger partial charge >= 0.3 is 0 Å². The van der Waals surface area contributed by atoms with E-state index in [1.54, 1.807) is 6.92 Å². The lowest BCUT2D eigenvalue weighted by Gasteiger charge is -2.16. The van der Waals surface area contributed by atoms with Gasteiger partial charge in [0.2, 0.25) is 0 Å². The Labute approximate surface area is 102 Å². The minimum Gasteiger partial charge on any atom is -0.374 e. The third kappa shape index (κ3) is 4.26. The highest BCUT2D eigenvalue weighted by atomic mass is 35.5. The molecule has 0 spiro atoms. The predicted octanol–water partition coefficient (Wildman–Crippen LogP) is 3.31. The Kier molecular flexibility index (Phi) is 5.38. The minimum absolute atomic E-state index is 0.677. The molecule has 0 aliphatic rings. The lowest BCUT2D eigenvalue weighted by Crippen LogP contribution is -2.18. The summed E-state index contributed by atoms with van der Waals surface area (Å²) in [6.07, 6.45) is 2.75. The first-order valence-corrected chi connectivity index (χ1v) is 6.04. The van der Waals surface area contributed by atoms with E-state index < -0.39 is 5.60 Å². The van der Waals surface area contributed by atoms with Gasteiger partial charge in [-0.25, -0.2) is 0 Å². The highest BCUT2D eigenvalue weighted by molar-refractivity contribution is 6.17. The lowest BCUT2D eigenvalue weighted by molar-refractivity contribution is 0.122. The molecule has 1 nitrogen and oxygen atoms in total. The topological polar surface area (TPSA) is 20.2 Å². The standard InChI is InChI=1S/C14H17ClO/c1-14(16,11-7-2-3-8-12-15)13-9-5-4-6-10-13/h4-6,9-10,16H,2-3,8,12H2,1H3/t14-/m1/s1. The second kappa shape index (κ2) is 6.58. The van der Waals surface area contributed by atoms with Gasteiger partial charge in [-0.15, -0.1) is 11.6 Å². The van der Waals surface area contributed by atoms with Gasteiger partial charge in [0, 0.05) is 12.3 Å². The summed E-state index contributed by atoms with van der Waals surface area (Å²) in [6, 6.07) is 9.49. The third-order valence-corrected chi connectivity index (χ3v) is 2.62. The van der Waals surface area contributed by atoms with Gasteiger partial charge in [-0.1, -0.05) is 42.2 Å². The van der Waals surface area contributed by atoms with Gasteiger partial charge in [0.1, 0.15) is 5.60 Å². The maximum absolute atomic E-state index is 10.1. The van der Waals surface area contributed by atoms with Crippen molar-refractivity contribution in [3.63, 3.8) is 0 Å². The fraction of sp³-hybridized carbons (Fsp3) is 0.429. The average molecular weight is 237 g/mol. The smallest absolute Gasteiger partial charge is 0.148 e. The van der Waals surface area contributed by atoms with E-state index in [9.17, 15) is 5.11 Å². The summed E-state index contributed by atoms with van der Waals surface area (Å²) in [6.45, 7) is 1.72. The largest absolute Gasteiger partial charge is 0.374 e. The van der Waals surface area contributed by atoms with Crippen LogP contribution in [0.4, 0.5) is 0 Å². The number of halogens is 1. The molecule has 0 saturated carbocycles. The van der Waals surface area contributed by atoms with Gasteiger partial charge in [0.05, 0.1) is 0 Å². The van der Waals surface area contributed by atoms with Crippen LogP contribution in [-0.4, -0.2) is 11.0 Å². The molecule has 1 aromatic rings. The number of hydrogen-bond acceptors (Lipinski definition) is 1. The van der Waals surface area contributed by atoms with Crippen LogP contribution in [0.3, 0.4) is 0 Å². The van der Waals surface area contributed by atoms with Gasteiger partial charge in [0.15, 0.2) is 0 Å². The average Bonchev–Trinajstić information content (AvgIpc) is 2.30. The van der Waals surface area contributed by atoms with Gasteiger partial charge in [-0.2, -0.15) is 0 Å². The zero-order chi connectivity index (χ0) is 11.9. The number of alkyl halides is 1. The number of unbranched alkanes of at least 4 members (excludes halogenated alkanes) is 2. The van der Waals surface area contributed by atoms with Crippen LogP contribution in [0.25, 0.3) is 0 Å². The van der Waals surface area contributed by atoms with Gasteiger partial charge < -0.3 is 5.11 Å². The second-order valence-corrected chi connectivity index (χ2v) is 4.26. The first-order chi connectivity index (χ1) is 7.67. The number of hydrogen-bond donors (Lipinski definition) is 1. The maximum atomic E-state index is 10.1. The summed E-state index contributed by atoms with van der Waals surface area (Å²) in [5, 5.41) is 10.1. The molecule has 0 unspecified atom stereocenters. The molecule has 2 heteroatoms. The number of benzene rings is 1. The van der Waals surface area contributed by atoms with E-state index in [-0.39, 0.29) is 0 Å². The molecule has 0 amide bonds. The Morgan fingerprint density at radius 1 is 1.25 bits per heavy atom. The molecule has 16 heavy (non-hydrogen) atoms. The van der Waals surface area contributed by atoms with Crippen molar-refractivity contribution in [3.8, 4) is 11.8 Å². The van der Waals surface area contributed by atoms with E-state index in [2.05, 4.69) is 11.8 Å². The van der Waals surface area contributed by atoms with Crippen LogP contribution in [0, 0.1) is 11.8 Å². The van der Waals surface area contributed by atoms with Crippen molar-refractivity contribution in [3.05, 3.63) is 35.9 Å². The molecule has 0 radical (unpaired) electrons. The summed E-state index contributed by atoms with van der Waals surface area (Å²) in [5.41, 5.74) is -0.220. The van der Waals surface area contributed by atoms with Gasteiger partial charge in [-0.05, 0) is 25.3 Å². The highest BCUT2D eigenvalue weighted by Gasteiger charge is 2.18. The second-order valence-electron chi connectivity index (χ2n) is 3.89. The van der Waals surface area contributed by atoms with Crippen LogP contribution in [0.5, 0.6) is 0 Å². The van der Waals surface area contributed by atoms with Crippen LogP contribution >= 0.6 is 11.6 Å².